The van der Waals surface area contributed by atoms with Crippen molar-refractivity contribution in [3.63, 3.8) is 0 Å². The summed E-state index contributed by atoms with van der Waals surface area (Å²) in [5.41, 5.74) is 10.6. The fraction of sp³-hybridized carbons (Fsp3) is 0.143. The summed E-state index contributed by atoms with van der Waals surface area (Å²) in [4.78, 5) is 2.36. The van der Waals surface area contributed by atoms with Crippen molar-refractivity contribution in [2.75, 3.05) is 10.6 Å². The SMILES string of the molecule is Nc1ccc(N2Cc3ccccc3C2)c(Br)c1. The Hall–Kier alpha value is -1.48. The molecule has 2 N–H and O–H groups in total. The summed E-state index contributed by atoms with van der Waals surface area (Å²) in [6.07, 6.45) is 0. The van der Waals surface area contributed by atoms with Crippen LogP contribution in [0.2, 0.25) is 0 Å². The van der Waals surface area contributed by atoms with Gasteiger partial charge in [0.25, 0.3) is 0 Å². The van der Waals surface area contributed by atoms with E-state index in [-0.39, 0.29) is 0 Å². The monoisotopic (exact) mass is 288 g/mol. The summed E-state index contributed by atoms with van der Waals surface area (Å²) < 4.78 is 1.06. The Morgan fingerprint density at radius 2 is 1.65 bits per heavy atom. The molecule has 1 heterocycles. The summed E-state index contributed by atoms with van der Waals surface area (Å²) in [5, 5.41) is 0. The zero-order chi connectivity index (χ0) is 11.8. The molecule has 1 aliphatic heterocycles. The molecule has 17 heavy (non-hydrogen) atoms. The van der Waals surface area contributed by atoms with E-state index in [0.717, 1.165) is 23.2 Å². The molecule has 0 fully saturated rings. The molecule has 2 aromatic rings. The molecule has 0 atom stereocenters. The van der Waals surface area contributed by atoms with Gasteiger partial charge in [0.1, 0.15) is 0 Å². The summed E-state index contributed by atoms with van der Waals surface area (Å²) in [7, 11) is 0. The Morgan fingerprint density at radius 1 is 1.00 bits per heavy atom. The van der Waals surface area contributed by atoms with E-state index in [1.807, 2.05) is 12.1 Å². The Balaban J connectivity index is 1.94. The molecule has 1 aliphatic rings. The number of rotatable bonds is 1. The average molecular weight is 289 g/mol. The zero-order valence-electron chi connectivity index (χ0n) is 9.36. The number of hydrogen-bond acceptors (Lipinski definition) is 2. The van der Waals surface area contributed by atoms with Crippen molar-refractivity contribution in [3.8, 4) is 0 Å². The number of nitrogens with zero attached hydrogens (tertiary/aromatic N) is 1. The van der Waals surface area contributed by atoms with Crippen molar-refractivity contribution < 1.29 is 0 Å². The molecule has 0 aromatic heterocycles. The second kappa shape index (κ2) is 4.08. The fourth-order valence-corrected chi connectivity index (χ4v) is 2.93. The number of benzene rings is 2. The third-order valence-corrected chi connectivity index (χ3v) is 3.79. The van der Waals surface area contributed by atoms with E-state index in [4.69, 9.17) is 5.73 Å². The Labute approximate surface area is 109 Å². The second-order valence-corrected chi connectivity index (χ2v) is 5.19. The molecular formula is C14H13BrN2. The van der Waals surface area contributed by atoms with Gasteiger partial charge in [-0.1, -0.05) is 24.3 Å². The largest absolute Gasteiger partial charge is 0.399 e. The van der Waals surface area contributed by atoms with Crippen molar-refractivity contribution in [2.45, 2.75) is 13.1 Å². The van der Waals surface area contributed by atoms with E-state index in [0.29, 0.717) is 0 Å². The van der Waals surface area contributed by atoms with Crippen LogP contribution in [0.1, 0.15) is 11.1 Å². The summed E-state index contributed by atoms with van der Waals surface area (Å²) in [6, 6.07) is 14.6. The minimum absolute atomic E-state index is 0.789. The third-order valence-electron chi connectivity index (χ3n) is 3.15. The molecule has 0 aliphatic carbocycles. The standard InChI is InChI=1S/C14H13BrN2/c15-13-7-12(16)5-6-14(13)17-8-10-3-1-2-4-11(10)9-17/h1-7H,8-9,16H2. The highest BCUT2D eigenvalue weighted by atomic mass is 79.9. The second-order valence-electron chi connectivity index (χ2n) is 4.34. The van der Waals surface area contributed by atoms with E-state index in [1.165, 1.54) is 16.8 Å². The first-order valence-electron chi connectivity index (χ1n) is 5.61. The predicted octanol–water partition coefficient (Wildman–Crippen LogP) is 3.55. The van der Waals surface area contributed by atoms with E-state index >= 15 is 0 Å². The number of anilines is 2. The maximum Gasteiger partial charge on any atom is 0.0518 e. The minimum atomic E-state index is 0.789. The molecule has 0 bridgehead atoms. The summed E-state index contributed by atoms with van der Waals surface area (Å²) >= 11 is 3.58. The highest BCUT2D eigenvalue weighted by molar-refractivity contribution is 9.10. The normalized spacial score (nSPS) is 13.8. The molecule has 0 unspecified atom stereocenters. The quantitative estimate of drug-likeness (QED) is 0.813. The summed E-state index contributed by atoms with van der Waals surface area (Å²) in [6.45, 7) is 1.94. The third kappa shape index (κ3) is 1.91. The van der Waals surface area contributed by atoms with Gasteiger partial charge in [-0.05, 0) is 45.3 Å². The first-order chi connectivity index (χ1) is 8.24. The van der Waals surface area contributed by atoms with Crippen LogP contribution in [0, 0.1) is 0 Å². The number of halogens is 1. The smallest absolute Gasteiger partial charge is 0.0518 e. The highest BCUT2D eigenvalue weighted by Crippen LogP contribution is 2.34. The van der Waals surface area contributed by atoms with E-state index in [2.05, 4.69) is 51.2 Å². The Kier molecular flexibility index (Phi) is 2.56. The molecule has 2 aromatic carbocycles. The molecule has 0 spiro atoms. The minimum Gasteiger partial charge on any atom is -0.399 e. The van der Waals surface area contributed by atoms with Gasteiger partial charge in [-0.15, -0.1) is 0 Å². The Bertz CT molecular complexity index is 541. The first kappa shape index (κ1) is 10.7. The lowest BCUT2D eigenvalue weighted by Gasteiger charge is -2.19. The average Bonchev–Trinajstić information content (AvgIpc) is 2.72. The molecule has 3 rings (SSSR count). The van der Waals surface area contributed by atoms with Crippen LogP contribution in [0.15, 0.2) is 46.9 Å². The predicted molar refractivity (Wildman–Crippen MR) is 74.9 cm³/mol. The van der Waals surface area contributed by atoms with Gasteiger partial charge in [-0.2, -0.15) is 0 Å². The maximum absolute atomic E-state index is 5.76. The van der Waals surface area contributed by atoms with Crippen LogP contribution in [0.25, 0.3) is 0 Å². The van der Waals surface area contributed by atoms with Crippen molar-refractivity contribution >= 4 is 27.3 Å². The molecule has 0 saturated carbocycles. The topological polar surface area (TPSA) is 29.3 Å². The van der Waals surface area contributed by atoms with E-state index < -0.39 is 0 Å². The van der Waals surface area contributed by atoms with Crippen molar-refractivity contribution in [1.82, 2.24) is 0 Å². The molecular weight excluding hydrogens is 276 g/mol. The van der Waals surface area contributed by atoms with Crippen LogP contribution < -0.4 is 10.6 Å². The summed E-state index contributed by atoms with van der Waals surface area (Å²) in [5.74, 6) is 0. The number of hydrogen-bond donors (Lipinski definition) is 1. The number of nitrogen functional groups attached to an aromatic ring is 1. The van der Waals surface area contributed by atoms with Crippen LogP contribution in [0.3, 0.4) is 0 Å². The van der Waals surface area contributed by atoms with Crippen molar-refractivity contribution in [1.29, 1.82) is 0 Å². The van der Waals surface area contributed by atoms with Crippen LogP contribution in [-0.4, -0.2) is 0 Å². The lowest BCUT2D eigenvalue weighted by atomic mass is 10.1. The lowest BCUT2D eigenvalue weighted by molar-refractivity contribution is 0.878. The molecule has 0 amide bonds. The highest BCUT2D eigenvalue weighted by Gasteiger charge is 2.19. The Morgan fingerprint density at radius 3 is 2.24 bits per heavy atom. The van der Waals surface area contributed by atoms with Crippen LogP contribution in [0.5, 0.6) is 0 Å². The molecule has 0 saturated heterocycles. The van der Waals surface area contributed by atoms with Gasteiger partial charge in [0, 0.05) is 23.2 Å². The van der Waals surface area contributed by atoms with Gasteiger partial charge >= 0.3 is 0 Å². The number of fused-ring (bicyclic) bond motifs is 1. The molecule has 86 valence electrons. The number of nitrogens with two attached hydrogens (primary N) is 1. The van der Waals surface area contributed by atoms with Gasteiger partial charge in [0.2, 0.25) is 0 Å². The zero-order valence-corrected chi connectivity index (χ0v) is 10.9. The van der Waals surface area contributed by atoms with Gasteiger partial charge < -0.3 is 10.6 Å². The van der Waals surface area contributed by atoms with Crippen molar-refractivity contribution in [3.05, 3.63) is 58.1 Å². The van der Waals surface area contributed by atoms with E-state index in [9.17, 15) is 0 Å². The van der Waals surface area contributed by atoms with Gasteiger partial charge in [-0.3, -0.25) is 0 Å². The lowest BCUT2D eigenvalue weighted by Crippen LogP contribution is -2.14. The fourth-order valence-electron chi connectivity index (χ4n) is 2.28. The van der Waals surface area contributed by atoms with Gasteiger partial charge in [0.05, 0.1) is 5.69 Å². The van der Waals surface area contributed by atoms with Crippen LogP contribution in [0.4, 0.5) is 11.4 Å². The molecule has 3 heteroatoms. The molecule has 2 nitrogen and oxygen atoms in total. The molecule has 0 radical (unpaired) electrons. The van der Waals surface area contributed by atoms with Crippen molar-refractivity contribution in [2.24, 2.45) is 0 Å². The van der Waals surface area contributed by atoms with Crippen LogP contribution >= 0.6 is 15.9 Å². The van der Waals surface area contributed by atoms with Crippen LogP contribution in [-0.2, 0) is 13.1 Å². The first-order valence-corrected chi connectivity index (χ1v) is 6.40. The van der Waals surface area contributed by atoms with Gasteiger partial charge in [-0.25, -0.2) is 0 Å². The van der Waals surface area contributed by atoms with E-state index in [1.54, 1.807) is 0 Å². The van der Waals surface area contributed by atoms with Gasteiger partial charge in [0.15, 0.2) is 0 Å². The maximum atomic E-state index is 5.76.